The predicted octanol–water partition coefficient (Wildman–Crippen LogP) is 1.86. The molecule has 98 valence electrons. The largest absolute Gasteiger partial charge is 0.482 e. The molecule has 0 aromatic heterocycles. The Morgan fingerprint density at radius 1 is 1.33 bits per heavy atom. The predicted molar refractivity (Wildman–Crippen MR) is 71.5 cm³/mol. The van der Waals surface area contributed by atoms with E-state index in [2.05, 4.69) is 22.2 Å². The highest BCUT2D eigenvalue weighted by Gasteiger charge is 2.00. The van der Waals surface area contributed by atoms with Gasteiger partial charge in [-0.2, -0.15) is 0 Å². The van der Waals surface area contributed by atoms with Gasteiger partial charge in [-0.1, -0.05) is 24.3 Å². The Bertz CT molecular complexity index is 385. The number of nitrogens with one attached hydrogen (secondary N) is 1. The van der Waals surface area contributed by atoms with Gasteiger partial charge in [-0.15, -0.1) is 0 Å². The van der Waals surface area contributed by atoms with Crippen LogP contribution in [0.5, 0.6) is 5.75 Å². The highest BCUT2D eigenvalue weighted by Crippen LogP contribution is 2.13. The summed E-state index contributed by atoms with van der Waals surface area (Å²) < 4.78 is 9.74. The highest BCUT2D eigenvalue weighted by atomic mass is 16.6. The van der Waals surface area contributed by atoms with Gasteiger partial charge >= 0.3 is 5.97 Å². The van der Waals surface area contributed by atoms with Crippen LogP contribution in [-0.4, -0.2) is 33.3 Å². The molecule has 0 heterocycles. The maximum absolute atomic E-state index is 10.9. The zero-order valence-corrected chi connectivity index (χ0v) is 10.8. The van der Waals surface area contributed by atoms with E-state index in [0.29, 0.717) is 5.75 Å². The van der Waals surface area contributed by atoms with Gasteiger partial charge in [0.15, 0.2) is 6.61 Å². The Morgan fingerprint density at radius 2 is 2.06 bits per heavy atom. The van der Waals surface area contributed by atoms with Crippen LogP contribution in [0.25, 0.3) is 6.08 Å². The second-order valence-corrected chi connectivity index (χ2v) is 3.73. The summed E-state index contributed by atoms with van der Waals surface area (Å²) in [6, 6.07) is 7.56. The van der Waals surface area contributed by atoms with Crippen LogP contribution in [0.2, 0.25) is 0 Å². The van der Waals surface area contributed by atoms with Crippen molar-refractivity contribution in [1.29, 1.82) is 0 Å². The zero-order valence-electron chi connectivity index (χ0n) is 10.8. The molecule has 1 aromatic rings. The van der Waals surface area contributed by atoms with Crippen molar-refractivity contribution in [2.45, 2.75) is 6.42 Å². The molecule has 0 saturated heterocycles. The van der Waals surface area contributed by atoms with Crippen molar-refractivity contribution in [3.63, 3.8) is 0 Å². The average molecular weight is 249 g/mol. The minimum absolute atomic E-state index is 0.0617. The highest BCUT2D eigenvalue weighted by molar-refractivity contribution is 5.70. The summed E-state index contributed by atoms with van der Waals surface area (Å²) in [4.78, 5) is 10.9. The molecule has 0 fully saturated rings. The van der Waals surface area contributed by atoms with Gasteiger partial charge < -0.3 is 14.8 Å². The molecule has 0 aliphatic carbocycles. The first kappa shape index (κ1) is 14.3. The van der Waals surface area contributed by atoms with Crippen LogP contribution in [0.15, 0.2) is 30.3 Å². The molecule has 0 aliphatic rings. The van der Waals surface area contributed by atoms with Crippen molar-refractivity contribution >= 4 is 12.0 Å². The number of carbonyl (C=O) groups excluding carboxylic acids is 1. The minimum Gasteiger partial charge on any atom is -0.482 e. The average Bonchev–Trinajstić information content (AvgIpc) is 2.42. The summed E-state index contributed by atoms with van der Waals surface area (Å²) in [7, 11) is 3.27. The van der Waals surface area contributed by atoms with Gasteiger partial charge in [-0.3, -0.25) is 0 Å². The molecule has 0 unspecified atom stereocenters. The van der Waals surface area contributed by atoms with Gasteiger partial charge in [-0.05, 0) is 37.7 Å². The van der Waals surface area contributed by atoms with Crippen LogP contribution in [0.3, 0.4) is 0 Å². The van der Waals surface area contributed by atoms with Crippen molar-refractivity contribution in [2.24, 2.45) is 0 Å². The molecular formula is C14H19NO3. The van der Waals surface area contributed by atoms with Gasteiger partial charge in [0, 0.05) is 0 Å². The van der Waals surface area contributed by atoms with Gasteiger partial charge in [0.2, 0.25) is 0 Å². The number of esters is 1. The van der Waals surface area contributed by atoms with E-state index in [9.17, 15) is 4.79 Å². The normalized spacial score (nSPS) is 10.6. The van der Waals surface area contributed by atoms with Crippen LogP contribution in [-0.2, 0) is 9.53 Å². The van der Waals surface area contributed by atoms with Crippen LogP contribution < -0.4 is 10.1 Å². The van der Waals surface area contributed by atoms with Crippen molar-refractivity contribution in [2.75, 3.05) is 27.3 Å². The summed E-state index contributed by atoms with van der Waals surface area (Å²) >= 11 is 0. The fourth-order valence-corrected chi connectivity index (χ4v) is 1.32. The Labute approximate surface area is 108 Å². The van der Waals surface area contributed by atoms with Crippen molar-refractivity contribution in [3.8, 4) is 5.75 Å². The zero-order chi connectivity index (χ0) is 13.2. The number of hydrogen-bond donors (Lipinski definition) is 1. The Hall–Kier alpha value is -1.81. The van der Waals surface area contributed by atoms with E-state index in [4.69, 9.17) is 4.74 Å². The lowest BCUT2D eigenvalue weighted by Crippen LogP contribution is -2.12. The third-order valence-corrected chi connectivity index (χ3v) is 2.34. The lowest BCUT2D eigenvalue weighted by atomic mass is 10.2. The molecule has 0 spiro atoms. The fraction of sp³-hybridized carbons (Fsp3) is 0.357. The van der Waals surface area contributed by atoms with Gasteiger partial charge in [-0.25, -0.2) is 4.79 Å². The van der Waals surface area contributed by atoms with Crippen LogP contribution in [0, 0.1) is 0 Å². The molecule has 4 heteroatoms. The quantitative estimate of drug-likeness (QED) is 0.592. The second kappa shape index (κ2) is 8.31. The summed E-state index contributed by atoms with van der Waals surface area (Å²) in [5, 5.41) is 3.08. The maximum Gasteiger partial charge on any atom is 0.343 e. The van der Waals surface area contributed by atoms with E-state index < -0.39 is 0 Å². The molecule has 1 rings (SSSR count). The number of benzene rings is 1. The first-order valence-corrected chi connectivity index (χ1v) is 5.87. The van der Waals surface area contributed by atoms with E-state index in [1.54, 1.807) is 0 Å². The molecule has 1 aromatic carbocycles. The van der Waals surface area contributed by atoms with E-state index in [0.717, 1.165) is 18.5 Å². The smallest absolute Gasteiger partial charge is 0.343 e. The molecule has 0 bridgehead atoms. The summed E-state index contributed by atoms with van der Waals surface area (Å²) in [6.07, 6.45) is 5.17. The standard InChI is InChI=1S/C14H19NO3/c1-15-10-4-3-5-12-6-8-13(9-7-12)18-11-14(16)17-2/h3,5-9,15H,4,10-11H2,1-2H3. The lowest BCUT2D eigenvalue weighted by molar-refractivity contribution is -0.142. The first-order valence-electron chi connectivity index (χ1n) is 5.87. The minimum atomic E-state index is -0.383. The van der Waals surface area contributed by atoms with E-state index in [1.807, 2.05) is 31.3 Å². The van der Waals surface area contributed by atoms with E-state index in [-0.39, 0.29) is 12.6 Å². The number of carbonyl (C=O) groups is 1. The molecule has 18 heavy (non-hydrogen) atoms. The lowest BCUT2D eigenvalue weighted by Gasteiger charge is -2.04. The fourth-order valence-electron chi connectivity index (χ4n) is 1.32. The Balaban J connectivity index is 2.42. The molecule has 0 atom stereocenters. The molecule has 0 aliphatic heterocycles. The third kappa shape index (κ3) is 5.50. The van der Waals surface area contributed by atoms with E-state index >= 15 is 0 Å². The molecule has 4 nitrogen and oxygen atoms in total. The number of ether oxygens (including phenoxy) is 2. The number of methoxy groups -OCH3 is 1. The monoisotopic (exact) mass is 249 g/mol. The van der Waals surface area contributed by atoms with Crippen molar-refractivity contribution in [1.82, 2.24) is 5.32 Å². The van der Waals surface area contributed by atoms with Crippen LogP contribution in [0.1, 0.15) is 12.0 Å². The number of hydrogen-bond acceptors (Lipinski definition) is 4. The summed E-state index contributed by atoms with van der Waals surface area (Å²) in [5.74, 6) is 0.277. The number of rotatable bonds is 7. The molecule has 0 amide bonds. The Morgan fingerprint density at radius 3 is 2.67 bits per heavy atom. The molecule has 1 N–H and O–H groups in total. The summed E-state index contributed by atoms with van der Waals surface area (Å²) in [6.45, 7) is 0.907. The third-order valence-electron chi connectivity index (χ3n) is 2.34. The van der Waals surface area contributed by atoms with Crippen molar-refractivity contribution < 1.29 is 14.3 Å². The first-order chi connectivity index (χ1) is 8.76. The second-order valence-electron chi connectivity index (χ2n) is 3.73. The SMILES string of the molecule is CNCCC=Cc1ccc(OCC(=O)OC)cc1. The van der Waals surface area contributed by atoms with Gasteiger partial charge in [0.05, 0.1) is 7.11 Å². The van der Waals surface area contributed by atoms with E-state index in [1.165, 1.54) is 7.11 Å². The van der Waals surface area contributed by atoms with Gasteiger partial charge in [0.1, 0.15) is 5.75 Å². The maximum atomic E-state index is 10.9. The summed E-state index contributed by atoms with van der Waals surface area (Å²) in [5.41, 5.74) is 1.11. The van der Waals surface area contributed by atoms with Crippen LogP contribution in [0.4, 0.5) is 0 Å². The molecule has 0 radical (unpaired) electrons. The van der Waals surface area contributed by atoms with Crippen molar-refractivity contribution in [3.05, 3.63) is 35.9 Å². The van der Waals surface area contributed by atoms with Gasteiger partial charge in [0.25, 0.3) is 0 Å². The van der Waals surface area contributed by atoms with Crippen LogP contribution >= 0.6 is 0 Å². The molecular weight excluding hydrogens is 230 g/mol. The Kier molecular flexibility index (Phi) is 6.58. The molecule has 0 saturated carbocycles. The topological polar surface area (TPSA) is 47.6 Å².